The van der Waals surface area contributed by atoms with Gasteiger partial charge in [0, 0.05) is 12.6 Å². The molecule has 1 heterocycles. The highest BCUT2D eigenvalue weighted by Gasteiger charge is 2.17. The van der Waals surface area contributed by atoms with Crippen molar-refractivity contribution in [2.45, 2.75) is 19.8 Å². The average Bonchev–Trinajstić information content (AvgIpc) is 2.33. The van der Waals surface area contributed by atoms with Crippen molar-refractivity contribution >= 4 is 11.8 Å². The third-order valence-electron chi connectivity index (χ3n) is 2.41. The quantitative estimate of drug-likeness (QED) is 0.750. The zero-order valence-corrected chi connectivity index (χ0v) is 10.3. The highest BCUT2D eigenvalue weighted by Crippen LogP contribution is 2.02. The number of carbonyl (C=O) groups excluding carboxylic acids is 2. The van der Waals surface area contributed by atoms with Crippen LogP contribution in [0.5, 0.6) is 0 Å². The Kier molecular flexibility index (Phi) is 5.10. The molecule has 0 aliphatic rings. The molecule has 0 aliphatic carbocycles. The van der Waals surface area contributed by atoms with Crippen molar-refractivity contribution in [2.24, 2.45) is 5.73 Å². The van der Waals surface area contributed by atoms with Crippen molar-refractivity contribution in [3.05, 3.63) is 34.2 Å². The van der Waals surface area contributed by atoms with Crippen LogP contribution in [0, 0.1) is 0 Å². The predicted octanol–water partition coefficient (Wildman–Crippen LogP) is 0.103. The normalized spacial score (nSPS) is 10.1. The molecule has 0 aliphatic heterocycles. The van der Waals surface area contributed by atoms with Crippen LogP contribution in [0.2, 0.25) is 0 Å². The highest BCUT2D eigenvalue weighted by molar-refractivity contribution is 5.94. The van der Waals surface area contributed by atoms with Crippen molar-refractivity contribution in [1.29, 1.82) is 0 Å². The number of nitrogens with one attached hydrogen (secondary N) is 1. The summed E-state index contributed by atoms with van der Waals surface area (Å²) in [5, 5.41) is 0. The molecular weight excluding hydrogens is 234 g/mol. The van der Waals surface area contributed by atoms with Gasteiger partial charge in [-0.15, -0.1) is 0 Å². The van der Waals surface area contributed by atoms with Gasteiger partial charge in [0.2, 0.25) is 11.5 Å². The number of aromatic amines is 1. The molecule has 0 fully saturated rings. The van der Waals surface area contributed by atoms with Crippen LogP contribution in [0.4, 0.5) is 0 Å². The predicted molar refractivity (Wildman–Crippen MR) is 67.1 cm³/mol. The van der Waals surface area contributed by atoms with Gasteiger partial charge in [-0.3, -0.25) is 14.4 Å². The molecule has 1 aromatic rings. The molecule has 0 saturated heterocycles. The van der Waals surface area contributed by atoms with E-state index in [9.17, 15) is 14.4 Å². The maximum Gasteiger partial charge on any atom is 0.270 e. The second-order valence-corrected chi connectivity index (χ2v) is 3.98. The number of carbonyl (C=O) groups is 2. The molecule has 6 nitrogen and oxygen atoms in total. The van der Waals surface area contributed by atoms with Crippen LogP contribution in [-0.4, -0.2) is 34.8 Å². The number of H-pyrrole nitrogens is 1. The molecule has 6 heteroatoms. The molecule has 0 saturated carbocycles. The van der Waals surface area contributed by atoms with Gasteiger partial charge in [-0.2, -0.15) is 0 Å². The Morgan fingerprint density at radius 2 is 2.11 bits per heavy atom. The smallest absolute Gasteiger partial charge is 0.270 e. The number of amides is 2. The number of hydrogen-bond acceptors (Lipinski definition) is 3. The summed E-state index contributed by atoms with van der Waals surface area (Å²) in [6.45, 7) is 2.28. The van der Waals surface area contributed by atoms with E-state index in [0.717, 1.165) is 12.8 Å². The van der Waals surface area contributed by atoms with E-state index in [0.29, 0.717) is 6.54 Å². The largest absolute Gasteiger partial charge is 0.368 e. The first kappa shape index (κ1) is 14.0. The van der Waals surface area contributed by atoms with Crippen molar-refractivity contribution in [3.63, 3.8) is 0 Å². The lowest BCUT2D eigenvalue weighted by Crippen LogP contribution is -2.39. The minimum Gasteiger partial charge on any atom is -0.368 e. The Morgan fingerprint density at radius 1 is 1.39 bits per heavy atom. The lowest BCUT2D eigenvalue weighted by molar-refractivity contribution is -0.118. The molecule has 0 spiro atoms. The van der Waals surface area contributed by atoms with Crippen molar-refractivity contribution < 1.29 is 9.59 Å². The number of rotatable bonds is 6. The van der Waals surface area contributed by atoms with E-state index in [2.05, 4.69) is 4.98 Å². The molecule has 0 bridgehead atoms. The van der Waals surface area contributed by atoms with Gasteiger partial charge in [0.15, 0.2) is 0 Å². The number of nitrogens with zero attached hydrogens (tertiary/aromatic N) is 1. The number of aromatic nitrogens is 1. The van der Waals surface area contributed by atoms with Crippen LogP contribution in [0.15, 0.2) is 23.0 Å². The van der Waals surface area contributed by atoms with E-state index in [1.54, 1.807) is 0 Å². The third kappa shape index (κ3) is 4.04. The van der Waals surface area contributed by atoms with Gasteiger partial charge in [-0.25, -0.2) is 0 Å². The zero-order valence-electron chi connectivity index (χ0n) is 10.3. The Hall–Kier alpha value is -2.11. The molecular formula is C12H17N3O3. The number of pyridine rings is 1. The standard InChI is InChI=1S/C12H17N3O3/c1-2-3-7-15(8-10(13)16)12(18)9-5-4-6-11(17)14-9/h4-6H,2-3,7-8H2,1H3,(H2,13,16)(H,14,17). The molecule has 0 atom stereocenters. The van der Waals surface area contributed by atoms with Crippen molar-refractivity contribution in [3.8, 4) is 0 Å². The van der Waals surface area contributed by atoms with Gasteiger partial charge in [0.25, 0.3) is 5.91 Å². The summed E-state index contributed by atoms with van der Waals surface area (Å²) < 4.78 is 0. The SMILES string of the molecule is CCCCN(CC(N)=O)C(=O)c1cccc(=O)[nH]1. The van der Waals surface area contributed by atoms with Crippen molar-refractivity contribution in [1.82, 2.24) is 9.88 Å². The molecule has 1 rings (SSSR count). The van der Waals surface area contributed by atoms with Crippen molar-refractivity contribution in [2.75, 3.05) is 13.1 Å². The van der Waals surface area contributed by atoms with Crippen LogP contribution in [0.3, 0.4) is 0 Å². The van der Waals surface area contributed by atoms with Crippen LogP contribution in [-0.2, 0) is 4.79 Å². The number of unbranched alkanes of at least 4 members (excludes halogenated alkanes) is 1. The molecule has 1 aromatic heterocycles. The van der Waals surface area contributed by atoms with E-state index in [1.165, 1.54) is 23.1 Å². The molecule has 0 aromatic carbocycles. The second-order valence-electron chi connectivity index (χ2n) is 3.98. The summed E-state index contributed by atoms with van der Waals surface area (Å²) in [7, 11) is 0. The van der Waals surface area contributed by atoms with Crippen LogP contribution >= 0.6 is 0 Å². The second kappa shape index (κ2) is 6.58. The summed E-state index contributed by atoms with van der Waals surface area (Å²) >= 11 is 0. The van der Waals surface area contributed by atoms with Gasteiger partial charge >= 0.3 is 0 Å². The third-order valence-corrected chi connectivity index (χ3v) is 2.41. The van der Waals surface area contributed by atoms with Crippen LogP contribution in [0.25, 0.3) is 0 Å². The van der Waals surface area contributed by atoms with Gasteiger partial charge in [0.1, 0.15) is 5.69 Å². The summed E-state index contributed by atoms with van der Waals surface area (Å²) in [5.41, 5.74) is 4.92. The van der Waals surface area contributed by atoms with E-state index in [4.69, 9.17) is 5.73 Å². The fraction of sp³-hybridized carbons (Fsp3) is 0.417. The maximum atomic E-state index is 12.1. The fourth-order valence-electron chi connectivity index (χ4n) is 1.53. The molecule has 3 N–H and O–H groups in total. The molecule has 18 heavy (non-hydrogen) atoms. The van der Waals surface area contributed by atoms with Gasteiger partial charge < -0.3 is 15.6 Å². The van der Waals surface area contributed by atoms with E-state index in [-0.39, 0.29) is 23.7 Å². The molecule has 98 valence electrons. The minimum absolute atomic E-state index is 0.143. The first-order valence-corrected chi connectivity index (χ1v) is 5.81. The minimum atomic E-state index is -0.572. The van der Waals surface area contributed by atoms with Crippen LogP contribution < -0.4 is 11.3 Å². The first-order chi connectivity index (χ1) is 8.54. The van der Waals surface area contributed by atoms with E-state index < -0.39 is 5.91 Å². The first-order valence-electron chi connectivity index (χ1n) is 5.81. The zero-order chi connectivity index (χ0) is 13.5. The average molecular weight is 251 g/mol. The summed E-state index contributed by atoms with van der Waals surface area (Å²) in [4.78, 5) is 37.9. The number of nitrogens with two attached hydrogens (primary N) is 1. The van der Waals surface area contributed by atoms with E-state index >= 15 is 0 Å². The van der Waals surface area contributed by atoms with Gasteiger partial charge in [-0.1, -0.05) is 19.4 Å². The fourth-order valence-corrected chi connectivity index (χ4v) is 1.53. The van der Waals surface area contributed by atoms with Crippen LogP contribution in [0.1, 0.15) is 30.3 Å². The lowest BCUT2D eigenvalue weighted by Gasteiger charge is -2.20. The van der Waals surface area contributed by atoms with Gasteiger partial charge in [-0.05, 0) is 12.5 Å². The van der Waals surface area contributed by atoms with Gasteiger partial charge in [0.05, 0.1) is 6.54 Å². The summed E-state index contributed by atoms with van der Waals surface area (Å²) in [6.07, 6.45) is 1.67. The molecule has 0 radical (unpaired) electrons. The molecule has 0 unspecified atom stereocenters. The van der Waals surface area contributed by atoms with E-state index in [1.807, 2.05) is 6.92 Å². The Balaban J connectivity index is 2.87. The number of primary amides is 1. The topological polar surface area (TPSA) is 96.3 Å². The summed E-state index contributed by atoms with van der Waals surface area (Å²) in [6, 6.07) is 4.32. The summed E-state index contributed by atoms with van der Waals surface area (Å²) in [5.74, 6) is -0.960. The Labute approximate surface area is 105 Å². The Morgan fingerprint density at radius 3 is 2.67 bits per heavy atom. The molecule has 2 amide bonds. The Bertz CT molecular complexity index is 481. The monoisotopic (exact) mass is 251 g/mol. The highest BCUT2D eigenvalue weighted by atomic mass is 16.2. The maximum absolute atomic E-state index is 12.1. The number of hydrogen-bond donors (Lipinski definition) is 2. The lowest BCUT2D eigenvalue weighted by atomic mass is 10.2.